The van der Waals surface area contributed by atoms with Crippen LogP contribution in [0.3, 0.4) is 0 Å². The lowest BCUT2D eigenvalue weighted by Crippen LogP contribution is -1.87. The number of hydrogen-bond acceptors (Lipinski definition) is 5. The van der Waals surface area contributed by atoms with Crippen LogP contribution in [0.15, 0.2) is 65.7 Å². The molecule has 144 valence electrons. The molecule has 0 aliphatic rings. The highest BCUT2D eigenvalue weighted by atomic mass is 32.1. The average Bonchev–Trinajstić information content (AvgIpc) is 3.52. The van der Waals surface area contributed by atoms with Crippen LogP contribution in [-0.2, 0) is 0 Å². The highest BCUT2D eigenvalue weighted by Crippen LogP contribution is 2.34. The second kappa shape index (κ2) is 6.57. The number of rotatable bonds is 3. The molecular formula is C22H13FN6S. The Morgan fingerprint density at radius 2 is 1.97 bits per heavy atom. The Hall–Kier alpha value is -3.91. The lowest BCUT2D eigenvalue weighted by atomic mass is 10.0. The summed E-state index contributed by atoms with van der Waals surface area (Å²) in [7, 11) is 0. The van der Waals surface area contributed by atoms with Gasteiger partial charge in [-0.25, -0.2) is 14.4 Å². The molecule has 5 aromatic heterocycles. The van der Waals surface area contributed by atoms with Crippen LogP contribution >= 0.6 is 11.3 Å². The predicted molar refractivity (Wildman–Crippen MR) is 115 cm³/mol. The maximum atomic E-state index is 14.7. The number of nitrogens with one attached hydrogen (secondary N) is 2. The fourth-order valence-electron chi connectivity index (χ4n) is 3.64. The maximum Gasteiger partial charge on any atom is 0.178 e. The summed E-state index contributed by atoms with van der Waals surface area (Å²) < 4.78 is 14.7. The van der Waals surface area contributed by atoms with Crippen LogP contribution in [-0.4, -0.2) is 30.1 Å². The largest absolute Gasteiger partial charge is 0.335 e. The van der Waals surface area contributed by atoms with Crippen LogP contribution in [0.4, 0.5) is 4.39 Å². The molecule has 0 aliphatic carbocycles. The molecule has 5 heterocycles. The molecule has 0 saturated carbocycles. The minimum atomic E-state index is -0.336. The van der Waals surface area contributed by atoms with E-state index in [1.165, 1.54) is 6.07 Å². The van der Waals surface area contributed by atoms with E-state index in [0.717, 1.165) is 22.0 Å². The van der Waals surface area contributed by atoms with Crippen molar-refractivity contribution >= 4 is 33.4 Å². The topological polar surface area (TPSA) is 83.1 Å². The number of hydrogen-bond donors (Lipinski definition) is 2. The molecule has 0 radical (unpaired) electrons. The number of halogens is 1. The molecule has 0 saturated heterocycles. The third-order valence-corrected chi connectivity index (χ3v) is 5.75. The molecule has 0 unspecified atom stereocenters. The van der Waals surface area contributed by atoms with E-state index in [0.29, 0.717) is 33.8 Å². The van der Waals surface area contributed by atoms with Gasteiger partial charge in [-0.05, 0) is 40.6 Å². The molecule has 0 bridgehead atoms. The van der Waals surface area contributed by atoms with Crippen molar-refractivity contribution in [3.63, 3.8) is 0 Å². The fraction of sp³-hybridized carbons (Fsp3) is 0. The van der Waals surface area contributed by atoms with Gasteiger partial charge in [-0.1, -0.05) is 6.07 Å². The van der Waals surface area contributed by atoms with Crippen LogP contribution < -0.4 is 0 Å². The minimum Gasteiger partial charge on any atom is -0.335 e. The summed E-state index contributed by atoms with van der Waals surface area (Å²) in [4.78, 5) is 16.5. The molecule has 0 aliphatic heterocycles. The van der Waals surface area contributed by atoms with Gasteiger partial charge >= 0.3 is 0 Å². The zero-order valence-electron chi connectivity index (χ0n) is 15.4. The van der Waals surface area contributed by atoms with Gasteiger partial charge in [0, 0.05) is 46.7 Å². The van der Waals surface area contributed by atoms with Crippen LogP contribution in [0, 0.1) is 5.82 Å². The van der Waals surface area contributed by atoms with E-state index in [2.05, 4.69) is 41.6 Å². The monoisotopic (exact) mass is 412 g/mol. The van der Waals surface area contributed by atoms with E-state index < -0.39 is 0 Å². The zero-order valence-corrected chi connectivity index (χ0v) is 16.2. The number of H-pyrrole nitrogens is 2. The SMILES string of the molecule is Fc1cc2[nH]nc(-c3nc4nccc(-c5ccsc5)c4[nH]3)c2cc1-c1cccnc1. The third-order valence-electron chi connectivity index (χ3n) is 5.07. The molecule has 6 rings (SSSR count). The number of aromatic nitrogens is 6. The first kappa shape index (κ1) is 17.0. The van der Waals surface area contributed by atoms with E-state index in [-0.39, 0.29) is 5.82 Å². The maximum absolute atomic E-state index is 14.7. The summed E-state index contributed by atoms with van der Waals surface area (Å²) in [5.74, 6) is 0.242. The molecule has 0 atom stereocenters. The number of thiophene rings is 1. The Kier molecular flexibility index (Phi) is 3.72. The summed E-state index contributed by atoms with van der Waals surface area (Å²) in [5, 5.41) is 12.2. The fourth-order valence-corrected chi connectivity index (χ4v) is 4.30. The predicted octanol–water partition coefficient (Wildman–Crippen LogP) is 5.43. The normalized spacial score (nSPS) is 11.5. The summed E-state index contributed by atoms with van der Waals surface area (Å²) in [6.07, 6.45) is 5.05. The highest BCUT2D eigenvalue weighted by Gasteiger charge is 2.18. The second-order valence-corrected chi connectivity index (χ2v) is 7.63. The number of pyridine rings is 2. The molecule has 2 N–H and O–H groups in total. The summed E-state index contributed by atoms with van der Waals surface area (Å²) in [6, 6.07) is 10.9. The number of nitrogens with zero attached hydrogens (tertiary/aromatic N) is 4. The van der Waals surface area contributed by atoms with Gasteiger partial charge in [0.2, 0.25) is 0 Å². The second-order valence-electron chi connectivity index (χ2n) is 6.85. The smallest absolute Gasteiger partial charge is 0.178 e. The van der Waals surface area contributed by atoms with Crippen LogP contribution in [0.1, 0.15) is 0 Å². The third kappa shape index (κ3) is 2.61. The van der Waals surface area contributed by atoms with E-state index in [4.69, 9.17) is 0 Å². The van der Waals surface area contributed by atoms with Crippen molar-refractivity contribution in [3.8, 4) is 33.8 Å². The lowest BCUT2D eigenvalue weighted by Gasteiger charge is -2.03. The van der Waals surface area contributed by atoms with E-state index >= 15 is 0 Å². The van der Waals surface area contributed by atoms with Gasteiger partial charge in [0.25, 0.3) is 0 Å². The molecular weight excluding hydrogens is 399 g/mol. The van der Waals surface area contributed by atoms with Gasteiger partial charge in [0.1, 0.15) is 11.5 Å². The van der Waals surface area contributed by atoms with E-state index in [9.17, 15) is 4.39 Å². The zero-order chi connectivity index (χ0) is 20.1. The highest BCUT2D eigenvalue weighted by molar-refractivity contribution is 7.08. The Morgan fingerprint density at radius 3 is 2.80 bits per heavy atom. The average molecular weight is 412 g/mol. The molecule has 0 spiro atoms. The molecule has 0 fully saturated rings. The molecule has 8 heteroatoms. The first-order valence-electron chi connectivity index (χ1n) is 9.23. The minimum absolute atomic E-state index is 0.336. The molecule has 1 aromatic carbocycles. The summed E-state index contributed by atoms with van der Waals surface area (Å²) in [5.41, 5.74) is 5.97. The Labute approximate surface area is 173 Å². The van der Waals surface area contributed by atoms with Gasteiger partial charge in [-0.3, -0.25) is 10.1 Å². The molecule has 0 amide bonds. The summed E-state index contributed by atoms with van der Waals surface area (Å²) >= 11 is 1.64. The van der Waals surface area contributed by atoms with E-state index in [1.54, 1.807) is 42.1 Å². The van der Waals surface area contributed by atoms with E-state index in [1.807, 2.05) is 17.5 Å². The Bertz CT molecular complexity index is 1500. The van der Waals surface area contributed by atoms with Crippen molar-refractivity contribution in [2.24, 2.45) is 0 Å². The van der Waals surface area contributed by atoms with Crippen molar-refractivity contribution in [2.45, 2.75) is 0 Å². The van der Waals surface area contributed by atoms with Crippen molar-refractivity contribution in [1.29, 1.82) is 0 Å². The number of benzene rings is 1. The number of aromatic amines is 2. The lowest BCUT2D eigenvalue weighted by molar-refractivity contribution is 0.632. The summed E-state index contributed by atoms with van der Waals surface area (Å²) in [6.45, 7) is 0. The van der Waals surface area contributed by atoms with Crippen LogP contribution in [0.5, 0.6) is 0 Å². The van der Waals surface area contributed by atoms with Crippen LogP contribution in [0.25, 0.3) is 55.8 Å². The van der Waals surface area contributed by atoms with Gasteiger partial charge in [-0.15, -0.1) is 0 Å². The van der Waals surface area contributed by atoms with Gasteiger partial charge in [0.05, 0.1) is 11.0 Å². The quantitative estimate of drug-likeness (QED) is 0.406. The van der Waals surface area contributed by atoms with Crippen molar-refractivity contribution < 1.29 is 4.39 Å². The first-order valence-corrected chi connectivity index (χ1v) is 10.2. The Balaban J connectivity index is 1.55. The first-order chi connectivity index (χ1) is 14.8. The number of fused-ring (bicyclic) bond motifs is 2. The standard InChI is InChI=1S/C22H13FN6S/c23-17-9-18-16(8-15(17)12-2-1-5-24-10-12)20(29-28-18)22-26-19-14(13-4-7-30-11-13)3-6-25-21(19)27-22/h1-11H,(H,28,29)(H,25,26,27). The van der Waals surface area contributed by atoms with Crippen molar-refractivity contribution in [3.05, 3.63) is 71.6 Å². The molecule has 30 heavy (non-hydrogen) atoms. The molecule has 6 aromatic rings. The number of imidazole rings is 1. The van der Waals surface area contributed by atoms with Gasteiger partial charge < -0.3 is 4.98 Å². The van der Waals surface area contributed by atoms with Gasteiger partial charge in [0.15, 0.2) is 11.5 Å². The molecule has 6 nitrogen and oxygen atoms in total. The van der Waals surface area contributed by atoms with Gasteiger partial charge in [-0.2, -0.15) is 16.4 Å². The van der Waals surface area contributed by atoms with Crippen molar-refractivity contribution in [1.82, 2.24) is 30.1 Å². The van der Waals surface area contributed by atoms with Crippen molar-refractivity contribution in [2.75, 3.05) is 0 Å². The van der Waals surface area contributed by atoms with Crippen LogP contribution in [0.2, 0.25) is 0 Å². The Morgan fingerprint density at radius 1 is 1.00 bits per heavy atom.